The van der Waals surface area contributed by atoms with Crippen LogP contribution in [0.3, 0.4) is 0 Å². The Hall–Kier alpha value is -2.77. The topological polar surface area (TPSA) is 77.0 Å². The van der Waals surface area contributed by atoms with Gasteiger partial charge in [-0.25, -0.2) is 4.98 Å². The number of thioether (sulfide) groups is 1. The van der Waals surface area contributed by atoms with Gasteiger partial charge in [0.15, 0.2) is 0 Å². The first kappa shape index (κ1) is 20.5. The highest BCUT2D eigenvalue weighted by atomic mass is 32.2. The van der Waals surface area contributed by atoms with Crippen LogP contribution in [0.2, 0.25) is 0 Å². The number of carbonyl (C=O) groups excluding carboxylic acids is 1. The van der Waals surface area contributed by atoms with E-state index in [0.717, 1.165) is 42.0 Å². The van der Waals surface area contributed by atoms with Crippen LogP contribution in [0.5, 0.6) is 0 Å². The van der Waals surface area contributed by atoms with Crippen molar-refractivity contribution >= 4 is 17.7 Å². The van der Waals surface area contributed by atoms with E-state index in [0.29, 0.717) is 11.7 Å². The molecule has 30 heavy (non-hydrogen) atoms. The summed E-state index contributed by atoms with van der Waals surface area (Å²) in [5, 5.41) is 11.9. The maximum Gasteiger partial charge on any atom is 0.233 e. The van der Waals surface area contributed by atoms with Crippen LogP contribution in [-0.2, 0) is 9.53 Å². The van der Waals surface area contributed by atoms with Crippen LogP contribution < -0.4 is 5.32 Å². The summed E-state index contributed by atoms with van der Waals surface area (Å²) in [4.78, 5) is 17.2. The van der Waals surface area contributed by atoms with Crippen molar-refractivity contribution in [2.24, 2.45) is 0 Å². The molecular formula is C23H24N4O2S. The molecule has 1 aliphatic rings. The molecule has 6 nitrogen and oxygen atoms in total. The Kier molecular flexibility index (Phi) is 6.71. The minimum Gasteiger partial charge on any atom is -0.376 e. The van der Waals surface area contributed by atoms with Gasteiger partial charge >= 0.3 is 0 Å². The van der Waals surface area contributed by atoms with E-state index in [1.807, 2.05) is 67.6 Å². The van der Waals surface area contributed by atoms with E-state index >= 15 is 0 Å². The van der Waals surface area contributed by atoms with E-state index in [-0.39, 0.29) is 17.3 Å². The largest absolute Gasteiger partial charge is 0.376 e. The number of rotatable bonds is 7. The zero-order valence-corrected chi connectivity index (χ0v) is 17.6. The number of carbonyl (C=O) groups is 1. The van der Waals surface area contributed by atoms with E-state index in [2.05, 4.69) is 15.5 Å². The average Bonchev–Trinajstić information content (AvgIpc) is 3.32. The second-order valence-corrected chi connectivity index (χ2v) is 8.47. The summed E-state index contributed by atoms with van der Waals surface area (Å²) in [6.07, 6.45) is 2.18. The molecule has 0 unspecified atom stereocenters. The number of nitrogens with zero attached hydrogens (tertiary/aromatic N) is 3. The van der Waals surface area contributed by atoms with Gasteiger partial charge in [-0.2, -0.15) is 0 Å². The van der Waals surface area contributed by atoms with Crippen LogP contribution in [-0.4, -0.2) is 45.6 Å². The van der Waals surface area contributed by atoms with Gasteiger partial charge in [-0.15, -0.1) is 10.2 Å². The summed E-state index contributed by atoms with van der Waals surface area (Å²) in [5.74, 6) is -0.0486. The minimum atomic E-state index is -0.334. The molecule has 1 saturated heterocycles. The molecule has 4 rings (SSSR count). The van der Waals surface area contributed by atoms with Crippen LogP contribution >= 0.6 is 11.8 Å². The fourth-order valence-electron chi connectivity index (χ4n) is 3.32. The smallest absolute Gasteiger partial charge is 0.233 e. The Labute approximate surface area is 180 Å². The van der Waals surface area contributed by atoms with Crippen molar-refractivity contribution in [3.8, 4) is 22.5 Å². The van der Waals surface area contributed by atoms with Gasteiger partial charge in [-0.1, -0.05) is 72.4 Å². The Morgan fingerprint density at radius 1 is 1.07 bits per heavy atom. The second-order valence-electron chi connectivity index (χ2n) is 7.16. The summed E-state index contributed by atoms with van der Waals surface area (Å²) in [5.41, 5.74) is 3.40. The third-order valence-corrected chi connectivity index (χ3v) is 5.89. The van der Waals surface area contributed by atoms with Gasteiger partial charge in [0.05, 0.1) is 11.4 Å². The van der Waals surface area contributed by atoms with Gasteiger partial charge < -0.3 is 10.1 Å². The lowest BCUT2D eigenvalue weighted by Gasteiger charge is -2.15. The Morgan fingerprint density at radius 3 is 2.37 bits per heavy atom. The molecule has 0 radical (unpaired) electrons. The molecule has 1 aromatic heterocycles. The first-order chi connectivity index (χ1) is 14.7. The van der Waals surface area contributed by atoms with Gasteiger partial charge in [0.1, 0.15) is 11.4 Å². The number of ether oxygens (including phenoxy) is 1. The lowest BCUT2D eigenvalue weighted by Crippen LogP contribution is -2.36. The fourth-order valence-corrected chi connectivity index (χ4v) is 4.06. The first-order valence-electron chi connectivity index (χ1n) is 10.1. The van der Waals surface area contributed by atoms with E-state index in [1.54, 1.807) is 0 Å². The number of benzene rings is 2. The Bertz CT molecular complexity index is 979. The molecule has 1 N–H and O–H groups in total. The quantitative estimate of drug-likeness (QED) is 0.583. The Balaban J connectivity index is 1.53. The molecule has 3 aromatic rings. The predicted molar refractivity (Wildman–Crippen MR) is 118 cm³/mol. The molecule has 0 bridgehead atoms. The van der Waals surface area contributed by atoms with Gasteiger partial charge in [0.2, 0.25) is 11.1 Å². The van der Waals surface area contributed by atoms with Crippen LogP contribution in [0.4, 0.5) is 0 Å². The van der Waals surface area contributed by atoms with Crippen LogP contribution in [0.15, 0.2) is 65.8 Å². The van der Waals surface area contributed by atoms with Gasteiger partial charge in [0, 0.05) is 24.3 Å². The number of amides is 1. The number of nitrogens with one attached hydrogen (secondary N) is 1. The molecule has 0 aliphatic carbocycles. The summed E-state index contributed by atoms with van der Waals surface area (Å²) in [7, 11) is 0. The molecule has 2 aromatic carbocycles. The van der Waals surface area contributed by atoms with E-state index in [1.165, 1.54) is 11.8 Å². The molecule has 7 heteroatoms. The van der Waals surface area contributed by atoms with Gasteiger partial charge in [0.25, 0.3) is 0 Å². The van der Waals surface area contributed by atoms with Crippen molar-refractivity contribution < 1.29 is 9.53 Å². The van der Waals surface area contributed by atoms with Crippen LogP contribution in [0, 0.1) is 0 Å². The maximum absolute atomic E-state index is 12.5. The third-order valence-electron chi connectivity index (χ3n) is 4.94. The first-order valence-corrected chi connectivity index (χ1v) is 11.0. The number of hydrogen-bond acceptors (Lipinski definition) is 6. The minimum absolute atomic E-state index is 0.0486. The molecule has 1 aliphatic heterocycles. The van der Waals surface area contributed by atoms with Crippen molar-refractivity contribution in [2.45, 2.75) is 36.3 Å². The van der Waals surface area contributed by atoms with Crippen molar-refractivity contribution in [3.63, 3.8) is 0 Å². The lowest BCUT2D eigenvalue weighted by molar-refractivity contribution is -0.120. The van der Waals surface area contributed by atoms with E-state index in [9.17, 15) is 4.79 Å². The molecule has 0 spiro atoms. The highest BCUT2D eigenvalue weighted by Gasteiger charge is 2.21. The summed E-state index contributed by atoms with van der Waals surface area (Å²) >= 11 is 1.31. The molecule has 154 valence electrons. The molecule has 1 amide bonds. The van der Waals surface area contributed by atoms with Gasteiger partial charge in [-0.3, -0.25) is 4.79 Å². The van der Waals surface area contributed by atoms with Crippen molar-refractivity contribution in [3.05, 3.63) is 60.7 Å². The van der Waals surface area contributed by atoms with Crippen molar-refractivity contribution in [1.82, 2.24) is 20.5 Å². The van der Waals surface area contributed by atoms with E-state index < -0.39 is 0 Å². The van der Waals surface area contributed by atoms with Crippen molar-refractivity contribution in [2.75, 3.05) is 13.2 Å². The zero-order chi connectivity index (χ0) is 20.8. The molecule has 1 fully saturated rings. The monoisotopic (exact) mass is 420 g/mol. The predicted octanol–water partition coefficient (Wildman–Crippen LogP) is 3.98. The summed E-state index contributed by atoms with van der Waals surface area (Å²) in [6.45, 7) is 3.18. The maximum atomic E-state index is 12.5. The van der Waals surface area contributed by atoms with Crippen LogP contribution in [0.25, 0.3) is 22.5 Å². The van der Waals surface area contributed by atoms with Crippen molar-refractivity contribution in [1.29, 1.82) is 0 Å². The zero-order valence-electron chi connectivity index (χ0n) is 16.8. The summed E-state index contributed by atoms with van der Waals surface area (Å²) < 4.78 is 5.57. The normalized spacial score (nSPS) is 16.9. The molecular weight excluding hydrogens is 396 g/mol. The van der Waals surface area contributed by atoms with Crippen LogP contribution in [0.1, 0.15) is 19.8 Å². The van der Waals surface area contributed by atoms with Gasteiger partial charge in [-0.05, 0) is 19.8 Å². The molecule has 0 saturated carbocycles. The molecule has 2 heterocycles. The second kappa shape index (κ2) is 9.82. The fraction of sp³-hybridized carbons (Fsp3) is 0.304. The van der Waals surface area contributed by atoms with E-state index in [4.69, 9.17) is 9.72 Å². The lowest BCUT2D eigenvalue weighted by atomic mass is 10.0. The Morgan fingerprint density at radius 2 is 1.73 bits per heavy atom. The number of aromatic nitrogens is 3. The SMILES string of the molecule is C[C@@H](Sc1nnc(-c2ccccc2)c(-c2ccccc2)n1)C(=O)NC[C@H]1CCCO1. The number of hydrogen-bond donors (Lipinski definition) is 1. The average molecular weight is 421 g/mol. The highest BCUT2D eigenvalue weighted by molar-refractivity contribution is 8.00. The summed E-state index contributed by atoms with van der Waals surface area (Å²) in [6, 6.07) is 19.8. The standard InChI is InChI=1S/C23H24N4O2S/c1-16(22(28)24-15-19-13-8-14-29-19)30-23-25-20(17-9-4-2-5-10-17)21(26-27-23)18-11-6-3-7-12-18/h2-7,9-12,16,19H,8,13-15H2,1H3,(H,24,28)/t16-,19-/m1/s1. The third kappa shape index (κ3) is 5.04. The molecule has 2 atom stereocenters. The highest BCUT2D eigenvalue weighted by Crippen LogP contribution is 2.30.